The number of aryl methyl sites for hydroxylation is 1. The molecule has 6 nitrogen and oxygen atoms in total. The second-order valence-corrected chi connectivity index (χ2v) is 8.81. The summed E-state index contributed by atoms with van der Waals surface area (Å²) in [6.45, 7) is 11.6. The number of anilines is 1. The van der Waals surface area contributed by atoms with Gasteiger partial charge in [-0.25, -0.2) is 4.39 Å². The maximum Gasteiger partial charge on any atom is 0.238 e. The van der Waals surface area contributed by atoms with Crippen LogP contribution in [0, 0.1) is 24.6 Å². The van der Waals surface area contributed by atoms with E-state index in [4.69, 9.17) is 0 Å². The third-order valence-electron chi connectivity index (χ3n) is 5.87. The smallest absolute Gasteiger partial charge is 0.238 e. The number of carbonyl (C=O) groups excluding carboxylic acids is 2. The van der Waals surface area contributed by atoms with Gasteiger partial charge in [-0.3, -0.25) is 19.4 Å². The third-order valence-corrected chi connectivity index (χ3v) is 5.87. The number of hydrogen-bond donors (Lipinski definition) is 1. The molecule has 0 aromatic heterocycles. The molecular weight excluding hydrogens is 371 g/mol. The number of nitrogens with zero attached hydrogens (tertiary/aromatic N) is 3. The van der Waals surface area contributed by atoms with E-state index in [9.17, 15) is 14.0 Å². The first-order valence-corrected chi connectivity index (χ1v) is 10.6. The van der Waals surface area contributed by atoms with Crippen LogP contribution in [0.1, 0.15) is 25.8 Å². The van der Waals surface area contributed by atoms with Crippen LogP contribution in [0.3, 0.4) is 0 Å². The number of likely N-dealkylation sites (tertiary alicyclic amines) is 1. The molecule has 1 aromatic carbocycles. The summed E-state index contributed by atoms with van der Waals surface area (Å²) < 4.78 is 13.6. The standard InChI is InChI=1S/C22H33FN4O2/c1-16-10-17(2)13-27(12-16)22(29)15-26-8-6-25(7-9-26)14-21(28)24-19-5-4-18(3)20(23)11-19/h4-5,11,16-17H,6-10,12-15H2,1-3H3,(H,24,28)/t16-,17-/m0/s1. The Balaban J connectivity index is 1.40. The molecular formula is C22H33FN4O2. The van der Waals surface area contributed by atoms with Crippen molar-refractivity contribution in [3.8, 4) is 0 Å². The second-order valence-electron chi connectivity index (χ2n) is 8.81. The zero-order valence-electron chi connectivity index (χ0n) is 17.8. The first-order valence-electron chi connectivity index (χ1n) is 10.6. The van der Waals surface area contributed by atoms with E-state index in [0.29, 0.717) is 29.6 Å². The lowest BCUT2D eigenvalue weighted by Gasteiger charge is -2.38. The Morgan fingerprint density at radius 2 is 1.62 bits per heavy atom. The van der Waals surface area contributed by atoms with Crippen molar-refractivity contribution >= 4 is 17.5 Å². The van der Waals surface area contributed by atoms with E-state index >= 15 is 0 Å². The van der Waals surface area contributed by atoms with E-state index in [2.05, 4.69) is 29.0 Å². The summed E-state index contributed by atoms with van der Waals surface area (Å²) in [7, 11) is 0. The molecule has 0 saturated carbocycles. The van der Waals surface area contributed by atoms with E-state index < -0.39 is 0 Å². The van der Waals surface area contributed by atoms with Crippen LogP contribution in [0.15, 0.2) is 18.2 Å². The Hall–Kier alpha value is -1.99. The number of benzene rings is 1. The number of rotatable bonds is 5. The summed E-state index contributed by atoms with van der Waals surface area (Å²) in [4.78, 5) is 31.2. The normalized spacial score (nSPS) is 23.8. The average molecular weight is 405 g/mol. The molecule has 2 heterocycles. The van der Waals surface area contributed by atoms with Gasteiger partial charge < -0.3 is 10.2 Å². The van der Waals surface area contributed by atoms with Crippen molar-refractivity contribution in [2.45, 2.75) is 27.2 Å². The minimum Gasteiger partial charge on any atom is -0.341 e. The number of nitrogens with one attached hydrogen (secondary N) is 1. The van der Waals surface area contributed by atoms with Gasteiger partial charge in [-0.15, -0.1) is 0 Å². The van der Waals surface area contributed by atoms with Crippen LogP contribution in [0.5, 0.6) is 0 Å². The van der Waals surface area contributed by atoms with Gasteiger partial charge in [-0.1, -0.05) is 19.9 Å². The molecule has 0 aliphatic carbocycles. The fourth-order valence-electron chi connectivity index (χ4n) is 4.34. The zero-order chi connectivity index (χ0) is 21.0. The molecule has 160 valence electrons. The molecule has 2 aliphatic rings. The molecule has 7 heteroatoms. The number of piperidine rings is 1. The molecule has 2 aliphatic heterocycles. The van der Waals surface area contributed by atoms with E-state index in [1.165, 1.54) is 12.5 Å². The van der Waals surface area contributed by atoms with Crippen LogP contribution in [-0.2, 0) is 9.59 Å². The Morgan fingerprint density at radius 1 is 1.03 bits per heavy atom. The van der Waals surface area contributed by atoms with Gasteiger partial charge in [0, 0.05) is 45.0 Å². The van der Waals surface area contributed by atoms with E-state index in [-0.39, 0.29) is 24.2 Å². The van der Waals surface area contributed by atoms with Crippen molar-refractivity contribution in [2.24, 2.45) is 11.8 Å². The summed E-state index contributed by atoms with van der Waals surface area (Å²) in [6.07, 6.45) is 1.19. The minimum atomic E-state index is -0.321. The lowest BCUT2D eigenvalue weighted by Crippen LogP contribution is -2.52. The van der Waals surface area contributed by atoms with Crippen molar-refractivity contribution in [3.05, 3.63) is 29.6 Å². The number of hydrogen-bond acceptors (Lipinski definition) is 4. The number of piperazine rings is 1. The predicted molar refractivity (Wildman–Crippen MR) is 112 cm³/mol. The molecule has 1 N–H and O–H groups in total. The topological polar surface area (TPSA) is 55.9 Å². The number of carbonyl (C=O) groups is 2. The number of amides is 2. The lowest BCUT2D eigenvalue weighted by atomic mass is 9.92. The van der Waals surface area contributed by atoms with Crippen molar-refractivity contribution in [2.75, 3.05) is 57.7 Å². The highest BCUT2D eigenvalue weighted by Gasteiger charge is 2.27. The third kappa shape index (κ3) is 6.24. The number of halogens is 1. The summed E-state index contributed by atoms with van der Waals surface area (Å²) in [5.41, 5.74) is 1.04. The highest BCUT2D eigenvalue weighted by molar-refractivity contribution is 5.92. The second kappa shape index (κ2) is 9.67. The van der Waals surface area contributed by atoms with Crippen molar-refractivity contribution < 1.29 is 14.0 Å². The predicted octanol–water partition coefficient (Wildman–Crippen LogP) is 2.19. The maximum atomic E-state index is 13.6. The SMILES string of the molecule is Cc1ccc(NC(=O)CN2CCN(CC(=O)N3C[C@@H](C)C[C@H](C)C3)CC2)cc1F. The summed E-state index contributed by atoms with van der Waals surface area (Å²) in [5, 5.41) is 2.76. The highest BCUT2D eigenvalue weighted by atomic mass is 19.1. The molecule has 2 atom stereocenters. The van der Waals surface area contributed by atoms with Crippen LogP contribution < -0.4 is 5.32 Å². The Morgan fingerprint density at radius 3 is 2.21 bits per heavy atom. The lowest BCUT2D eigenvalue weighted by molar-refractivity contribution is -0.135. The van der Waals surface area contributed by atoms with Gasteiger partial charge in [-0.2, -0.15) is 0 Å². The quantitative estimate of drug-likeness (QED) is 0.818. The van der Waals surface area contributed by atoms with Crippen molar-refractivity contribution in [1.29, 1.82) is 0 Å². The van der Waals surface area contributed by atoms with Crippen LogP contribution >= 0.6 is 0 Å². The van der Waals surface area contributed by atoms with E-state index in [1.54, 1.807) is 19.1 Å². The van der Waals surface area contributed by atoms with Gasteiger partial charge in [0.1, 0.15) is 5.82 Å². The molecule has 2 amide bonds. The van der Waals surface area contributed by atoms with Crippen LogP contribution in [-0.4, -0.2) is 78.9 Å². The van der Waals surface area contributed by atoms with Crippen LogP contribution in [0.2, 0.25) is 0 Å². The average Bonchev–Trinajstić information content (AvgIpc) is 2.65. The Labute approximate surface area is 173 Å². The largest absolute Gasteiger partial charge is 0.341 e. The van der Waals surface area contributed by atoms with Gasteiger partial charge >= 0.3 is 0 Å². The van der Waals surface area contributed by atoms with Gasteiger partial charge in [0.25, 0.3) is 0 Å². The van der Waals surface area contributed by atoms with Crippen LogP contribution in [0.25, 0.3) is 0 Å². The summed E-state index contributed by atoms with van der Waals surface area (Å²) >= 11 is 0. The monoisotopic (exact) mass is 404 g/mol. The van der Waals surface area contributed by atoms with E-state index in [1.807, 2.05) is 4.90 Å². The molecule has 0 radical (unpaired) electrons. The fraction of sp³-hybridized carbons (Fsp3) is 0.636. The maximum absolute atomic E-state index is 13.6. The molecule has 0 spiro atoms. The molecule has 1 aromatic rings. The summed E-state index contributed by atoms with van der Waals surface area (Å²) in [6, 6.07) is 4.71. The Kier molecular flexibility index (Phi) is 7.24. The van der Waals surface area contributed by atoms with Crippen LogP contribution in [0.4, 0.5) is 10.1 Å². The van der Waals surface area contributed by atoms with Crippen molar-refractivity contribution in [3.63, 3.8) is 0 Å². The summed E-state index contributed by atoms with van der Waals surface area (Å²) in [5.74, 6) is 0.892. The fourth-order valence-corrected chi connectivity index (χ4v) is 4.34. The van der Waals surface area contributed by atoms with Gasteiger partial charge in [-0.05, 0) is 42.9 Å². The molecule has 3 rings (SSSR count). The van der Waals surface area contributed by atoms with Gasteiger partial charge in [0.2, 0.25) is 11.8 Å². The van der Waals surface area contributed by atoms with Crippen molar-refractivity contribution in [1.82, 2.24) is 14.7 Å². The van der Waals surface area contributed by atoms with Gasteiger partial charge in [0.05, 0.1) is 13.1 Å². The first kappa shape index (κ1) is 21.7. The molecule has 0 unspecified atom stereocenters. The first-order chi connectivity index (χ1) is 13.8. The molecule has 0 bridgehead atoms. The zero-order valence-corrected chi connectivity index (χ0v) is 17.8. The molecule has 2 fully saturated rings. The molecule has 29 heavy (non-hydrogen) atoms. The Bertz CT molecular complexity index is 724. The van der Waals surface area contributed by atoms with Gasteiger partial charge in [0.15, 0.2) is 0 Å². The molecule has 2 saturated heterocycles. The van der Waals surface area contributed by atoms with E-state index in [0.717, 1.165) is 39.3 Å². The highest BCUT2D eigenvalue weighted by Crippen LogP contribution is 2.21. The minimum absolute atomic E-state index is 0.144.